The first-order valence-corrected chi connectivity index (χ1v) is 8.97. The molecule has 7 nitrogen and oxygen atoms in total. The number of nitrogens with zero attached hydrogens (tertiary/aromatic N) is 2. The summed E-state index contributed by atoms with van der Waals surface area (Å²) in [6, 6.07) is -0.172. The molecule has 0 atom stereocenters. The summed E-state index contributed by atoms with van der Waals surface area (Å²) in [4.78, 5) is 23.1. The summed E-state index contributed by atoms with van der Waals surface area (Å²) in [7, 11) is 0. The van der Waals surface area contributed by atoms with E-state index >= 15 is 0 Å². The predicted octanol–water partition coefficient (Wildman–Crippen LogP) is 2.32. The van der Waals surface area contributed by atoms with E-state index in [0.29, 0.717) is 16.8 Å². The second-order valence-electron chi connectivity index (χ2n) is 5.45. The van der Waals surface area contributed by atoms with Crippen LogP contribution in [-0.4, -0.2) is 40.5 Å². The van der Waals surface area contributed by atoms with Crippen LogP contribution in [0.25, 0.3) is 0 Å². The molecule has 0 radical (unpaired) electrons. The van der Waals surface area contributed by atoms with Gasteiger partial charge in [-0.3, -0.25) is 10.1 Å². The first kappa shape index (κ1) is 18.7. The van der Waals surface area contributed by atoms with Crippen LogP contribution < -0.4 is 16.0 Å². The molecule has 0 aliphatic carbocycles. The quantitative estimate of drug-likeness (QED) is 0.626. The van der Waals surface area contributed by atoms with Gasteiger partial charge in [-0.2, -0.15) is 0 Å². The zero-order valence-electron chi connectivity index (χ0n) is 13.3. The zero-order valence-corrected chi connectivity index (χ0v) is 14.9. The van der Waals surface area contributed by atoms with Crippen LogP contribution >= 0.6 is 23.1 Å². The summed E-state index contributed by atoms with van der Waals surface area (Å²) in [6.07, 6.45) is 0.882. The van der Waals surface area contributed by atoms with Crippen molar-refractivity contribution in [3.8, 4) is 0 Å². The second-order valence-corrected chi connectivity index (χ2v) is 7.65. The molecular weight excluding hydrogens is 322 g/mol. The first-order valence-electron chi connectivity index (χ1n) is 7.17. The lowest BCUT2D eigenvalue weighted by atomic mass is 10.1. The third-order valence-electron chi connectivity index (χ3n) is 2.41. The third-order valence-corrected chi connectivity index (χ3v) is 4.39. The molecular formula is C13H23N5O2S2. The van der Waals surface area contributed by atoms with Crippen molar-refractivity contribution in [1.82, 2.24) is 20.8 Å². The largest absolute Gasteiger partial charge is 0.358 e. The molecule has 0 aromatic carbocycles. The van der Waals surface area contributed by atoms with Crippen molar-refractivity contribution in [1.29, 1.82) is 0 Å². The van der Waals surface area contributed by atoms with Crippen molar-refractivity contribution < 1.29 is 9.59 Å². The highest BCUT2D eigenvalue weighted by Crippen LogP contribution is 2.25. The average molecular weight is 345 g/mol. The van der Waals surface area contributed by atoms with Crippen LogP contribution in [0.15, 0.2) is 4.34 Å². The van der Waals surface area contributed by atoms with Crippen LogP contribution in [0.4, 0.5) is 9.93 Å². The lowest BCUT2D eigenvalue weighted by molar-refractivity contribution is -0.117. The molecule has 3 N–H and O–H groups in total. The van der Waals surface area contributed by atoms with E-state index in [1.54, 1.807) is 0 Å². The Hall–Kier alpha value is -1.35. The number of rotatable bonds is 8. The highest BCUT2D eigenvalue weighted by Gasteiger charge is 2.11. The van der Waals surface area contributed by atoms with Gasteiger partial charge in [0.1, 0.15) is 0 Å². The minimum absolute atomic E-state index is 0.133. The number of aromatic nitrogens is 2. The van der Waals surface area contributed by atoms with Crippen LogP contribution in [0.1, 0.15) is 34.1 Å². The molecule has 3 amide bonds. The predicted molar refractivity (Wildman–Crippen MR) is 90.4 cm³/mol. The van der Waals surface area contributed by atoms with E-state index in [4.69, 9.17) is 0 Å². The van der Waals surface area contributed by atoms with E-state index in [2.05, 4.69) is 40.0 Å². The number of hydrogen-bond acceptors (Lipinski definition) is 7. The highest BCUT2D eigenvalue weighted by atomic mass is 32.2. The van der Waals surface area contributed by atoms with E-state index in [1.807, 2.05) is 13.8 Å². The SMILES string of the molecule is CC(C)CCNC(=O)NC(=O)CSc1nnc(NC(C)C)s1. The molecule has 1 heterocycles. The van der Waals surface area contributed by atoms with Gasteiger partial charge in [0.15, 0.2) is 4.34 Å². The van der Waals surface area contributed by atoms with Crippen LogP contribution in [0.3, 0.4) is 0 Å². The van der Waals surface area contributed by atoms with Gasteiger partial charge in [-0.25, -0.2) is 4.79 Å². The van der Waals surface area contributed by atoms with Crippen molar-refractivity contribution in [2.45, 2.75) is 44.5 Å². The number of nitrogens with one attached hydrogen (secondary N) is 3. The number of hydrogen-bond donors (Lipinski definition) is 3. The van der Waals surface area contributed by atoms with Crippen LogP contribution in [0.5, 0.6) is 0 Å². The smallest absolute Gasteiger partial charge is 0.321 e. The normalized spacial score (nSPS) is 10.8. The van der Waals surface area contributed by atoms with Gasteiger partial charge >= 0.3 is 6.03 Å². The highest BCUT2D eigenvalue weighted by molar-refractivity contribution is 8.01. The monoisotopic (exact) mass is 345 g/mol. The first-order chi connectivity index (χ1) is 10.4. The molecule has 0 fully saturated rings. The fourth-order valence-corrected chi connectivity index (χ4v) is 3.08. The van der Waals surface area contributed by atoms with E-state index in [-0.39, 0.29) is 17.7 Å². The summed E-state index contributed by atoms with van der Waals surface area (Å²) in [6.45, 7) is 8.74. The van der Waals surface area contributed by atoms with Gasteiger partial charge in [0.2, 0.25) is 11.0 Å². The van der Waals surface area contributed by atoms with Crippen molar-refractivity contribution in [3.05, 3.63) is 0 Å². The Balaban J connectivity index is 2.25. The van der Waals surface area contributed by atoms with Crippen LogP contribution in [0.2, 0.25) is 0 Å². The van der Waals surface area contributed by atoms with E-state index in [0.717, 1.165) is 11.6 Å². The van der Waals surface area contributed by atoms with Gasteiger partial charge < -0.3 is 10.6 Å². The number of imide groups is 1. The topological polar surface area (TPSA) is 96.0 Å². The Labute approximate surface area is 139 Å². The van der Waals surface area contributed by atoms with Gasteiger partial charge in [0, 0.05) is 12.6 Å². The molecule has 1 rings (SSSR count). The summed E-state index contributed by atoms with van der Waals surface area (Å²) in [5.41, 5.74) is 0. The number of anilines is 1. The maximum atomic E-state index is 11.7. The Morgan fingerprint density at radius 2 is 1.95 bits per heavy atom. The Morgan fingerprint density at radius 3 is 2.59 bits per heavy atom. The molecule has 0 unspecified atom stereocenters. The van der Waals surface area contributed by atoms with Gasteiger partial charge in [0.05, 0.1) is 5.75 Å². The van der Waals surface area contributed by atoms with Crippen molar-refractivity contribution in [2.75, 3.05) is 17.6 Å². The molecule has 22 heavy (non-hydrogen) atoms. The molecule has 1 aromatic rings. The van der Waals surface area contributed by atoms with Gasteiger partial charge in [-0.15, -0.1) is 10.2 Å². The van der Waals surface area contributed by atoms with E-state index in [9.17, 15) is 9.59 Å². The van der Waals surface area contributed by atoms with Crippen molar-refractivity contribution >= 4 is 40.2 Å². The average Bonchev–Trinajstić information content (AvgIpc) is 2.82. The third kappa shape index (κ3) is 8.18. The zero-order chi connectivity index (χ0) is 16.5. The molecule has 0 saturated heterocycles. The Kier molecular flexibility index (Phi) is 8.18. The van der Waals surface area contributed by atoms with Gasteiger partial charge in [-0.1, -0.05) is 36.9 Å². The lowest BCUT2D eigenvalue weighted by Crippen LogP contribution is -2.40. The van der Waals surface area contributed by atoms with E-state index < -0.39 is 6.03 Å². The fraction of sp³-hybridized carbons (Fsp3) is 0.692. The number of amides is 3. The van der Waals surface area contributed by atoms with Crippen LogP contribution in [-0.2, 0) is 4.79 Å². The summed E-state index contributed by atoms with van der Waals surface area (Å²) < 4.78 is 0.693. The molecule has 0 saturated carbocycles. The Morgan fingerprint density at radius 1 is 1.23 bits per heavy atom. The van der Waals surface area contributed by atoms with Gasteiger partial charge in [-0.05, 0) is 26.2 Å². The molecule has 1 aromatic heterocycles. The number of urea groups is 1. The molecule has 124 valence electrons. The maximum Gasteiger partial charge on any atom is 0.321 e. The summed E-state index contributed by atoms with van der Waals surface area (Å²) in [5, 5.41) is 16.8. The lowest BCUT2D eigenvalue weighted by Gasteiger charge is -2.07. The van der Waals surface area contributed by atoms with Gasteiger partial charge in [0.25, 0.3) is 0 Å². The number of carbonyl (C=O) groups is 2. The number of carbonyl (C=O) groups excluding carboxylic acids is 2. The molecule has 0 spiro atoms. The summed E-state index contributed by atoms with van der Waals surface area (Å²) >= 11 is 2.65. The van der Waals surface area contributed by atoms with E-state index in [1.165, 1.54) is 23.1 Å². The molecule has 0 aliphatic rings. The maximum absolute atomic E-state index is 11.7. The second kappa shape index (κ2) is 9.62. The van der Waals surface area contributed by atoms with Crippen molar-refractivity contribution in [3.63, 3.8) is 0 Å². The summed E-state index contributed by atoms with van der Waals surface area (Å²) in [5.74, 6) is 0.298. The minimum Gasteiger partial charge on any atom is -0.358 e. The number of thioether (sulfide) groups is 1. The molecule has 0 aliphatic heterocycles. The fourth-order valence-electron chi connectivity index (χ4n) is 1.38. The Bertz CT molecular complexity index is 491. The van der Waals surface area contributed by atoms with Crippen molar-refractivity contribution in [2.24, 2.45) is 5.92 Å². The van der Waals surface area contributed by atoms with Crippen LogP contribution in [0, 0.1) is 5.92 Å². The minimum atomic E-state index is -0.453. The standard InChI is InChI=1S/C13H23N5O2S2/c1-8(2)5-6-14-11(20)16-10(19)7-21-13-18-17-12(22-13)15-9(3)4/h8-9H,5-7H2,1-4H3,(H,15,17)(H2,14,16,19,20). The molecule has 9 heteroatoms. The molecule has 0 bridgehead atoms.